The Morgan fingerprint density at radius 1 is 0.800 bits per heavy atom. The van der Waals surface area contributed by atoms with E-state index in [-0.39, 0.29) is 0 Å². The van der Waals surface area contributed by atoms with Gasteiger partial charge in [0.25, 0.3) is 0 Å². The van der Waals surface area contributed by atoms with Crippen molar-refractivity contribution in [2.24, 2.45) is 0 Å². The van der Waals surface area contributed by atoms with Gasteiger partial charge in [-0.05, 0) is 44.3 Å². The Balaban J connectivity index is 2.13. The second-order valence-corrected chi connectivity index (χ2v) is 7.74. The lowest BCUT2D eigenvalue weighted by Gasteiger charge is -2.13. The summed E-state index contributed by atoms with van der Waals surface area (Å²) >= 11 is 2.50. The van der Waals surface area contributed by atoms with Gasteiger partial charge in [0.05, 0.1) is 0 Å². The maximum atomic E-state index is 2.50. The van der Waals surface area contributed by atoms with Gasteiger partial charge in [-0.25, -0.2) is 0 Å². The van der Waals surface area contributed by atoms with Crippen LogP contribution < -0.4 is 0 Å². The molecule has 0 aliphatic rings. The number of rotatable bonds is 2. The third kappa shape index (κ3) is 1.87. The smallest absolute Gasteiger partial charge is 0.0122 e. The fraction of sp³-hybridized carbons (Fsp3) is 0.158. The first-order valence-corrected chi connectivity index (χ1v) is 8.27. The van der Waals surface area contributed by atoms with Gasteiger partial charge in [-0.15, -0.1) is 0 Å². The van der Waals surface area contributed by atoms with Crippen LogP contribution in [0, 0.1) is 0 Å². The van der Waals surface area contributed by atoms with Gasteiger partial charge in [-0.2, -0.15) is 0 Å². The Morgan fingerprint density at radius 2 is 1.30 bits per heavy atom. The molecule has 4 rings (SSSR count). The van der Waals surface area contributed by atoms with Crippen LogP contribution in [-0.4, -0.2) is 3.92 Å². The van der Waals surface area contributed by atoms with Crippen molar-refractivity contribution in [1.82, 2.24) is 0 Å². The summed E-state index contributed by atoms with van der Waals surface area (Å²) in [4.78, 5) is 0. The summed E-state index contributed by atoms with van der Waals surface area (Å²) < 4.78 is 0.667. The van der Waals surface area contributed by atoms with Crippen molar-refractivity contribution in [3.8, 4) is 0 Å². The molecule has 98 valence electrons. The highest BCUT2D eigenvalue weighted by molar-refractivity contribution is 14.1. The van der Waals surface area contributed by atoms with Crippen LogP contribution in [0.1, 0.15) is 12.5 Å². The normalized spacial score (nSPS) is 13.5. The number of benzene rings is 4. The van der Waals surface area contributed by atoms with Crippen molar-refractivity contribution in [2.45, 2.75) is 17.3 Å². The molecule has 0 bridgehead atoms. The van der Waals surface area contributed by atoms with Crippen molar-refractivity contribution >= 4 is 54.9 Å². The average Bonchev–Trinajstić information content (AvgIpc) is 2.44. The van der Waals surface area contributed by atoms with Gasteiger partial charge in [-0.3, -0.25) is 0 Å². The van der Waals surface area contributed by atoms with Crippen LogP contribution in [-0.2, 0) is 6.42 Å². The molecule has 1 heteroatoms. The van der Waals surface area contributed by atoms with E-state index in [1.807, 2.05) is 0 Å². The lowest BCUT2D eigenvalue weighted by atomic mass is 9.92. The minimum Gasteiger partial charge on any atom is -0.0826 e. The van der Waals surface area contributed by atoms with Crippen LogP contribution >= 0.6 is 22.6 Å². The summed E-state index contributed by atoms with van der Waals surface area (Å²) in [7, 11) is 0. The van der Waals surface area contributed by atoms with E-state index >= 15 is 0 Å². The van der Waals surface area contributed by atoms with Gasteiger partial charge in [-0.1, -0.05) is 84.1 Å². The van der Waals surface area contributed by atoms with Gasteiger partial charge in [0.15, 0.2) is 0 Å². The van der Waals surface area contributed by atoms with E-state index in [2.05, 4.69) is 84.1 Å². The van der Waals surface area contributed by atoms with E-state index in [4.69, 9.17) is 0 Å². The lowest BCUT2D eigenvalue weighted by Crippen LogP contribution is -1.96. The van der Waals surface area contributed by atoms with Gasteiger partial charge in [0.1, 0.15) is 0 Å². The summed E-state index contributed by atoms with van der Waals surface area (Å²) in [6.45, 7) is 2.27. The maximum Gasteiger partial charge on any atom is 0.0122 e. The Morgan fingerprint density at radius 3 is 1.85 bits per heavy atom. The van der Waals surface area contributed by atoms with Gasteiger partial charge in [0.2, 0.25) is 0 Å². The Labute approximate surface area is 132 Å². The van der Waals surface area contributed by atoms with E-state index in [0.29, 0.717) is 3.92 Å². The first-order valence-electron chi connectivity index (χ1n) is 7.03. The predicted molar refractivity (Wildman–Crippen MR) is 97.3 cm³/mol. The largest absolute Gasteiger partial charge is 0.0826 e. The molecule has 0 amide bonds. The topological polar surface area (TPSA) is 0 Å². The molecule has 0 aromatic heterocycles. The van der Waals surface area contributed by atoms with Gasteiger partial charge >= 0.3 is 0 Å². The molecular weight excluding hydrogens is 355 g/mol. The second kappa shape index (κ2) is 4.59. The first kappa shape index (κ1) is 12.4. The quantitative estimate of drug-likeness (QED) is 0.232. The van der Waals surface area contributed by atoms with E-state index in [0.717, 1.165) is 6.42 Å². The predicted octanol–water partition coefficient (Wildman–Crippen LogP) is 5.95. The molecule has 0 heterocycles. The Hall–Kier alpha value is -1.35. The number of halogens is 1. The third-order valence-corrected chi connectivity index (χ3v) is 4.48. The second-order valence-electron chi connectivity index (χ2n) is 5.61. The van der Waals surface area contributed by atoms with Crippen molar-refractivity contribution in [1.29, 1.82) is 0 Å². The fourth-order valence-electron chi connectivity index (χ4n) is 3.26. The van der Waals surface area contributed by atoms with Crippen molar-refractivity contribution in [3.63, 3.8) is 0 Å². The van der Waals surface area contributed by atoms with Crippen LogP contribution in [0.25, 0.3) is 32.3 Å². The van der Waals surface area contributed by atoms with E-state index in [1.54, 1.807) is 0 Å². The molecule has 0 radical (unpaired) electrons. The van der Waals surface area contributed by atoms with Crippen LogP contribution in [0.4, 0.5) is 0 Å². The Bertz CT molecular complexity index is 842. The van der Waals surface area contributed by atoms with Crippen LogP contribution in [0.5, 0.6) is 0 Å². The summed E-state index contributed by atoms with van der Waals surface area (Å²) in [5.41, 5.74) is 1.44. The molecule has 0 saturated heterocycles. The lowest BCUT2D eigenvalue weighted by molar-refractivity contribution is 0.980. The van der Waals surface area contributed by atoms with Crippen LogP contribution in [0.2, 0.25) is 0 Å². The van der Waals surface area contributed by atoms with Crippen LogP contribution in [0.3, 0.4) is 0 Å². The van der Waals surface area contributed by atoms with E-state index < -0.39 is 0 Å². The Kier molecular flexibility index (Phi) is 2.84. The maximum absolute atomic E-state index is 2.50. The first-order chi connectivity index (χ1) is 9.72. The zero-order valence-corrected chi connectivity index (χ0v) is 13.5. The third-order valence-electron chi connectivity index (χ3n) is 4.04. The molecule has 4 aromatic carbocycles. The zero-order valence-electron chi connectivity index (χ0n) is 11.4. The van der Waals surface area contributed by atoms with E-state index in [1.165, 1.54) is 37.9 Å². The molecule has 0 spiro atoms. The highest BCUT2D eigenvalue weighted by atomic mass is 127. The monoisotopic (exact) mass is 370 g/mol. The molecule has 0 nitrogen and oxygen atoms in total. The highest BCUT2D eigenvalue weighted by Crippen LogP contribution is 2.35. The molecule has 1 unspecified atom stereocenters. The molecule has 0 aliphatic heterocycles. The number of hydrogen-bond acceptors (Lipinski definition) is 0. The SMILES string of the molecule is CC(I)Cc1cc2ccc3cccc4ccc(c1)c2c34. The minimum atomic E-state index is 0.667. The molecule has 0 N–H and O–H groups in total. The molecule has 20 heavy (non-hydrogen) atoms. The standard InChI is InChI=1S/C19H15I/c1-12(20)9-13-10-16-7-5-14-3-2-4-15-6-8-17(11-13)19(16)18(14)15/h2-8,10-12H,9H2,1H3. The zero-order chi connectivity index (χ0) is 13.7. The van der Waals surface area contributed by atoms with E-state index in [9.17, 15) is 0 Å². The molecule has 0 aliphatic carbocycles. The molecule has 1 atom stereocenters. The van der Waals surface area contributed by atoms with Crippen LogP contribution in [0.15, 0.2) is 54.6 Å². The summed E-state index contributed by atoms with van der Waals surface area (Å²) in [6.07, 6.45) is 1.14. The molecule has 0 saturated carbocycles. The molecular formula is C19H15I. The molecule has 0 fully saturated rings. The van der Waals surface area contributed by atoms with Gasteiger partial charge < -0.3 is 0 Å². The van der Waals surface area contributed by atoms with Gasteiger partial charge in [0, 0.05) is 3.92 Å². The summed E-state index contributed by atoms with van der Waals surface area (Å²) in [5, 5.41) is 8.27. The summed E-state index contributed by atoms with van der Waals surface area (Å²) in [6, 6.07) is 20.3. The molecule has 4 aromatic rings. The minimum absolute atomic E-state index is 0.667. The van der Waals surface area contributed by atoms with Crippen molar-refractivity contribution in [3.05, 3.63) is 60.2 Å². The van der Waals surface area contributed by atoms with Crippen molar-refractivity contribution in [2.75, 3.05) is 0 Å². The number of hydrogen-bond donors (Lipinski definition) is 0. The van der Waals surface area contributed by atoms with Crippen molar-refractivity contribution < 1.29 is 0 Å². The highest BCUT2D eigenvalue weighted by Gasteiger charge is 2.09. The average molecular weight is 370 g/mol. The number of alkyl halides is 1. The fourth-order valence-corrected chi connectivity index (χ4v) is 3.77. The summed E-state index contributed by atoms with van der Waals surface area (Å²) in [5.74, 6) is 0.